The van der Waals surface area contributed by atoms with Gasteiger partial charge in [0.1, 0.15) is 12.6 Å². The molecule has 2 aromatic rings. The maximum atomic E-state index is 14.5. The number of alkyl halides is 8. The number of halogens is 12. The van der Waals surface area contributed by atoms with Gasteiger partial charge >= 0.3 is 18.3 Å². The number of benzene rings is 2. The van der Waals surface area contributed by atoms with E-state index in [4.69, 9.17) is 34.8 Å². The lowest BCUT2D eigenvalue weighted by atomic mass is 9.90. The summed E-state index contributed by atoms with van der Waals surface area (Å²) < 4.78 is 105. The number of amides is 2. The second kappa shape index (κ2) is 12.6. The lowest BCUT2D eigenvalue weighted by molar-refractivity contribution is -0.286. The van der Waals surface area contributed by atoms with Gasteiger partial charge in [-0.2, -0.15) is 35.1 Å². The highest BCUT2D eigenvalue weighted by Gasteiger charge is 2.62. The first-order valence-electron chi connectivity index (χ1n) is 10.5. The summed E-state index contributed by atoms with van der Waals surface area (Å²) in [5.74, 6) is -9.79. The molecule has 2 atom stereocenters. The summed E-state index contributed by atoms with van der Waals surface area (Å²) in [6.07, 6.45) is -9.06. The Labute approximate surface area is 239 Å². The molecule has 0 radical (unpaired) electrons. The van der Waals surface area contributed by atoms with E-state index in [1.54, 1.807) is 5.32 Å². The molecule has 2 aromatic carbocycles. The molecule has 39 heavy (non-hydrogen) atoms. The van der Waals surface area contributed by atoms with Crippen LogP contribution in [0.15, 0.2) is 40.9 Å². The number of carbonyl (C=O) groups is 2. The molecule has 4 nitrogen and oxygen atoms in total. The molecule has 0 aromatic heterocycles. The number of hydrogen-bond donors (Lipinski definition) is 2. The molecule has 0 spiro atoms. The largest absolute Gasteiger partial charge is 0.454 e. The third-order valence-corrected chi connectivity index (χ3v) is 6.91. The molecule has 0 aliphatic rings. The Balaban J connectivity index is 2.31. The van der Waals surface area contributed by atoms with Gasteiger partial charge in [-0.3, -0.25) is 9.59 Å². The Hall–Kier alpha value is -2.09. The van der Waals surface area contributed by atoms with Crippen LogP contribution in [0.4, 0.5) is 35.1 Å². The number of allylic oxidation sites excluding steroid dienone is 1. The minimum atomic E-state index is -5.94. The molecule has 2 amide bonds. The van der Waals surface area contributed by atoms with Gasteiger partial charge in [0.25, 0.3) is 5.91 Å². The SMILES string of the molecule is CC(NC(=O)c1ccc(/C=C/C(c2cc(Cl)c(Cl)c(Cl)c2)C(F)(F)C(F)(F)F)cc1Br)C(=O)NCC(F)(F)F. The first-order chi connectivity index (χ1) is 17.7. The van der Waals surface area contributed by atoms with E-state index in [0.717, 1.165) is 31.2 Å². The summed E-state index contributed by atoms with van der Waals surface area (Å²) in [5.41, 5.74) is -0.583. The van der Waals surface area contributed by atoms with Crippen molar-refractivity contribution >= 4 is 68.6 Å². The van der Waals surface area contributed by atoms with Crippen LogP contribution in [-0.2, 0) is 4.79 Å². The van der Waals surface area contributed by atoms with Crippen molar-refractivity contribution < 1.29 is 44.7 Å². The first kappa shape index (κ1) is 33.1. The molecule has 0 aliphatic carbocycles. The van der Waals surface area contributed by atoms with Crippen LogP contribution >= 0.6 is 50.7 Å². The van der Waals surface area contributed by atoms with Crippen LogP contribution in [0.2, 0.25) is 15.1 Å². The number of rotatable bonds is 8. The summed E-state index contributed by atoms with van der Waals surface area (Å²) in [6.45, 7) is -0.454. The topological polar surface area (TPSA) is 58.2 Å². The number of hydrogen-bond acceptors (Lipinski definition) is 2. The molecule has 0 fully saturated rings. The third-order valence-electron chi connectivity index (χ3n) is 5.06. The van der Waals surface area contributed by atoms with Crippen LogP contribution in [0.1, 0.15) is 34.3 Å². The molecule has 214 valence electrons. The highest BCUT2D eigenvalue weighted by atomic mass is 79.9. The Kier molecular flexibility index (Phi) is 10.7. The molecule has 2 N–H and O–H groups in total. The van der Waals surface area contributed by atoms with Crippen LogP contribution in [-0.4, -0.2) is 42.7 Å². The van der Waals surface area contributed by atoms with Gasteiger partial charge in [0.15, 0.2) is 0 Å². The number of carbonyl (C=O) groups excluding carboxylic acids is 2. The van der Waals surface area contributed by atoms with E-state index in [1.165, 1.54) is 12.1 Å². The molecule has 0 saturated carbocycles. The average molecular weight is 691 g/mol. The summed E-state index contributed by atoms with van der Waals surface area (Å²) in [4.78, 5) is 24.2. The smallest absolute Gasteiger partial charge is 0.345 e. The van der Waals surface area contributed by atoms with Crippen LogP contribution in [0.5, 0.6) is 0 Å². The summed E-state index contributed by atoms with van der Waals surface area (Å²) >= 11 is 20.5. The van der Waals surface area contributed by atoms with E-state index in [1.807, 2.05) is 0 Å². The van der Waals surface area contributed by atoms with Crippen molar-refractivity contribution in [1.82, 2.24) is 10.6 Å². The highest BCUT2D eigenvalue weighted by molar-refractivity contribution is 9.10. The van der Waals surface area contributed by atoms with E-state index in [2.05, 4.69) is 21.2 Å². The second-order valence-electron chi connectivity index (χ2n) is 8.02. The van der Waals surface area contributed by atoms with E-state index >= 15 is 0 Å². The van der Waals surface area contributed by atoms with Gasteiger partial charge in [-0.25, -0.2) is 0 Å². The van der Waals surface area contributed by atoms with Gasteiger partial charge in [0.05, 0.1) is 26.5 Å². The number of nitrogens with one attached hydrogen (secondary N) is 2. The van der Waals surface area contributed by atoms with Crippen LogP contribution < -0.4 is 10.6 Å². The van der Waals surface area contributed by atoms with E-state index < -0.39 is 54.2 Å². The minimum absolute atomic E-state index is 0.0433. The lowest BCUT2D eigenvalue weighted by Gasteiger charge is -2.27. The quantitative estimate of drug-likeness (QED) is 0.217. The Bertz CT molecular complexity index is 1250. The first-order valence-corrected chi connectivity index (χ1v) is 12.4. The zero-order valence-electron chi connectivity index (χ0n) is 19.3. The normalized spacial score (nSPS) is 14.3. The van der Waals surface area contributed by atoms with Gasteiger partial charge in [-0.1, -0.05) is 53.0 Å². The van der Waals surface area contributed by atoms with Gasteiger partial charge in [-0.15, -0.1) is 0 Å². The van der Waals surface area contributed by atoms with Crippen molar-refractivity contribution in [2.24, 2.45) is 0 Å². The van der Waals surface area contributed by atoms with Crippen molar-refractivity contribution in [1.29, 1.82) is 0 Å². The summed E-state index contributed by atoms with van der Waals surface area (Å²) in [7, 11) is 0. The maximum absolute atomic E-state index is 14.5. The van der Waals surface area contributed by atoms with Crippen molar-refractivity contribution in [2.45, 2.75) is 37.2 Å². The fraction of sp³-hybridized carbons (Fsp3) is 0.304. The van der Waals surface area contributed by atoms with E-state index in [-0.39, 0.29) is 30.7 Å². The predicted octanol–water partition coefficient (Wildman–Crippen LogP) is 8.20. The van der Waals surface area contributed by atoms with Crippen LogP contribution in [0, 0.1) is 0 Å². The Morgan fingerprint density at radius 1 is 0.974 bits per heavy atom. The average Bonchev–Trinajstić information content (AvgIpc) is 2.79. The van der Waals surface area contributed by atoms with E-state index in [9.17, 15) is 44.7 Å². The molecular weight excluding hydrogens is 675 g/mol. The maximum Gasteiger partial charge on any atom is 0.454 e. The zero-order chi connectivity index (χ0) is 29.9. The highest BCUT2D eigenvalue weighted by Crippen LogP contribution is 2.48. The third kappa shape index (κ3) is 8.70. The van der Waals surface area contributed by atoms with Gasteiger partial charge in [0, 0.05) is 4.47 Å². The molecule has 0 bridgehead atoms. The molecule has 0 aliphatic heterocycles. The molecule has 0 saturated heterocycles. The van der Waals surface area contributed by atoms with E-state index in [0.29, 0.717) is 6.08 Å². The lowest BCUT2D eigenvalue weighted by Crippen LogP contribution is -2.47. The van der Waals surface area contributed by atoms with Crippen molar-refractivity contribution in [3.05, 3.63) is 72.6 Å². The fourth-order valence-electron chi connectivity index (χ4n) is 3.08. The van der Waals surface area contributed by atoms with Crippen molar-refractivity contribution in [3.8, 4) is 0 Å². The minimum Gasteiger partial charge on any atom is -0.345 e. The van der Waals surface area contributed by atoms with Gasteiger partial charge in [-0.05, 0) is 58.2 Å². The summed E-state index contributed by atoms with van der Waals surface area (Å²) in [6, 6.07) is 3.89. The monoisotopic (exact) mass is 688 g/mol. The van der Waals surface area contributed by atoms with Crippen LogP contribution in [0.25, 0.3) is 6.08 Å². The van der Waals surface area contributed by atoms with Crippen LogP contribution in [0.3, 0.4) is 0 Å². The zero-order valence-corrected chi connectivity index (χ0v) is 23.1. The molecule has 0 heterocycles. The Morgan fingerprint density at radius 2 is 1.54 bits per heavy atom. The Morgan fingerprint density at radius 3 is 2.03 bits per heavy atom. The molecule has 2 rings (SSSR count). The molecule has 2 unspecified atom stereocenters. The van der Waals surface area contributed by atoms with Crippen molar-refractivity contribution in [3.63, 3.8) is 0 Å². The summed E-state index contributed by atoms with van der Waals surface area (Å²) in [5, 5.41) is 2.89. The fourth-order valence-corrected chi connectivity index (χ4v) is 4.27. The standard InChI is InChI=1S/C23H16BrCl3F8N2O2/c1-10(19(38)36-9-21(28,29)30)37-20(39)13-4-2-11(6-15(13)24)3-5-14(22(31,32)23(33,34)35)12-7-16(25)18(27)17(26)8-12/h2-8,10,14H,9H2,1H3,(H,36,38)(H,37,39)/b5-3+. The van der Waals surface area contributed by atoms with Gasteiger partial charge < -0.3 is 10.6 Å². The molecular formula is C23H16BrCl3F8N2O2. The van der Waals surface area contributed by atoms with Crippen molar-refractivity contribution in [2.75, 3.05) is 6.54 Å². The molecule has 16 heteroatoms. The second-order valence-corrected chi connectivity index (χ2v) is 10.1. The van der Waals surface area contributed by atoms with Gasteiger partial charge in [0.2, 0.25) is 5.91 Å². The predicted molar refractivity (Wildman–Crippen MR) is 134 cm³/mol.